The molecule has 0 fully saturated rings. The lowest BCUT2D eigenvalue weighted by Crippen LogP contribution is -2.25. The fraction of sp³-hybridized carbons (Fsp3) is 0.222. The zero-order valence-corrected chi connectivity index (χ0v) is 13.4. The van der Waals surface area contributed by atoms with Crippen LogP contribution in [0.4, 0.5) is 8.78 Å². The van der Waals surface area contributed by atoms with Crippen LogP contribution in [0.25, 0.3) is 0 Å². The first-order valence-electron chi connectivity index (χ1n) is 7.74. The van der Waals surface area contributed by atoms with E-state index in [1.54, 1.807) is 0 Å². The molecular weight excluding hydrogens is 348 g/mol. The van der Waals surface area contributed by atoms with E-state index in [-0.39, 0.29) is 28.9 Å². The SMILES string of the molecule is NC(=O)C1Cc2ccccc2C1.O=C(O)c1ccc2c(c1)OC(F)(F)O2. The number of aromatic carboxylic acids is 1. The lowest BCUT2D eigenvalue weighted by atomic mass is 10.1. The molecule has 26 heavy (non-hydrogen) atoms. The third-order valence-electron chi connectivity index (χ3n) is 4.10. The number of ether oxygens (including phenoxy) is 2. The minimum atomic E-state index is -3.71. The molecule has 0 unspecified atom stereocenters. The Morgan fingerprint density at radius 2 is 1.62 bits per heavy atom. The maximum Gasteiger partial charge on any atom is 0.586 e. The summed E-state index contributed by atoms with van der Waals surface area (Å²) in [6.07, 6.45) is -2.06. The smallest absolute Gasteiger partial charge is 0.478 e. The summed E-state index contributed by atoms with van der Waals surface area (Å²) in [6, 6.07) is 11.4. The van der Waals surface area contributed by atoms with E-state index < -0.39 is 12.3 Å². The first-order valence-corrected chi connectivity index (χ1v) is 7.74. The van der Waals surface area contributed by atoms with Crippen LogP contribution in [-0.2, 0) is 17.6 Å². The molecule has 0 aromatic heterocycles. The second-order valence-electron chi connectivity index (χ2n) is 5.91. The fourth-order valence-corrected chi connectivity index (χ4v) is 2.84. The van der Waals surface area contributed by atoms with Gasteiger partial charge in [0.15, 0.2) is 11.5 Å². The Kier molecular flexibility index (Phi) is 4.50. The van der Waals surface area contributed by atoms with Crippen molar-refractivity contribution in [1.29, 1.82) is 0 Å². The Balaban J connectivity index is 0.000000152. The highest BCUT2D eigenvalue weighted by Crippen LogP contribution is 2.41. The second kappa shape index (κ2) is 6.62. The number of carbonyl (C=O) groups excluding carboxylic acids is 1. The van der Waals surface area contributed by atoms with Crippen LogP contribution in [0, 0.1) is 5.92 Å². The summed E-state index contributed by atoms with van der Waals surface area (Å²) in [7, 11) is 0. The predicted molar refractivity (Wildman–Crippen MR) is 86.1 cm³/mol. The molecule has 1 aliphatic heterocycles. The van der Waals surface area contributed by atoms with Gasteiger partial charge >= 0.3 is 12.3 Å². The molecule has 1 amide bonds. The predicted octanol–water partition coefficient (Wildman–Crippen LogP) is 2.59. The van der Waals surface area contributed by atoms with E-state index in [9.17, 15) is 18.4 Å². The molecule has 3 N–H and O–H groups in total. The van der Waals surface area contributed by atoms with Gasteiger partial charge in [0.2, 0.25) is 5.91 Å². The zero-order valence-electron chi connectivity index (χ0n) is 13.4. The summed E-state index contributed by atoms with van der Waals surface area (Å²) in [6.45, 7) is 0. The lowest BCUT2D eigenvalue weighted by Gasteiger charge is -2.04. The molecule has 0 saturated carbocycles. The van der Waals surface area contributed by atoms with Crippen molar-refractivity contribution in [3.63, 3.8) is 0 Å². The topological polar surface area (TPSA) is 98.9 Å². The first kappa shape index (κ1) is 17.7. The molecule has 0 bridgehead atoms. The van der Waals surface area contributed by atoms with Gasteiger partial charge in [0.1, 0.15) is 0 Å². The quantitative estimate of drug-likeness (QED) is 0.854. The number of primary amides is 1. The van der Waals surface area contributed by atoms with Crippen molar-refractivity contribution in [3.8, 4) is 11.5 Å². The Morgan fingerprint density at radius 1 is 1.04 bits per heavy atom. The maximum absolute atomic E-state index is 12.5. The van der Waals surface area contributed by atoms with E-state index >= 15 is 0 Å². The van der Waals surface area contributed by atoms with Crippen LogP contribution < -0.4 is 15.2 Å². The van der Waals surface area contributed by atoms with Crippen molar-refractivity contribution in [2.24, 2.45) is 11.7 Å². The maximum atomic E-state index is 12.5. The number of amides is 1. The number of hydrogen-bond acceptors (Lipinski definition) is 4. The molecule has 1 heterocycles. The van der Waals surface area contributed by atoms with Crippen molar-refractivity contribution in [2.45, 2.75) is 19.1 Å². The number of hydrogen-bond donors (Lipinski definition) is 2. The fourth-order valence-electron chi connectivity index (χ4n) is 2.84. The molecule has 1 aliphatic carbocycles. The highest BCUT2D eigenvalue weighted by Gasteiger charge is 2.43. The monoisotopic (exact) mass is 363 g/mol. The summed E-state index contributed by atoms with van der Waals surface area (Å²) in [5, 5.41) is 8.56. The van der Waals surface area contributed by atoms with Crippen LogP contribution in [0.3, 0.4) is 0 Å². The largest absolute Gasteiger partial charge is 0.586 e. The molecule has 0 saturated heterocycles. The van der Waals surface area contributed by atoms with Gasteiger partial charge in [-0.1, -0.05) is 24.3 Å². The summed E-state index contributed by atoms with van der Waals surface area (Å²) in [5.41, 5.74) is 7.66. The Hall–Kier alpha value is -3.16. The molecule has 0 atom stereocenters. The number of carboxylic acid groups (broad SMARTS) is 1. The third-order valence-corrected chi connectivity index (χ3v) is 4.10. The standard InChI is InChI=1S/C10H11NO.C8H4F2O4/c11-10(12)9-5-7-3-1-2-4-8(7)6-9;9-8(10)13-5-2-1-4(7(11)12)3-6(5)14-8/h1-4,9H,5-6H2,(H2,11,12);1-3H,(H,11,12). The number of fused-ring (bicyclic) bond motifs is 2. The molecule has 8 heteroatoms. The van der Waals surface area contributed by atoms with Crippen LogP contribution in [0.2, 0.25) is 0 Å². The molecular formula is C18H15F2NO5. The van der Waals surface area contributed by atoms with Crippen molar-refractivity contribution in [3.05, 3.63) is 59.2 Å². The number of carboxylic acids is 1. The van der Waals surface area contributed by atoms with Gasteiger partial charge in [-0.15, -0.1) is 8.78 Å². The van der Waals surface area contributed by atoms with Gasteiger partial charge in [-0.2, -0.15) is 0 Å². The molecule has 6 nitrogen and oxygen atoms in total. The van der Waals surface area contributed by atoms with Crippen molar-refractivity contribution in [2.75, 3.05) is 0 Å². The molecule has 0 radical (unpaired) electrons. The number of carbonyl (C=O) groups is 2. The zero-order chi connectivity index (χ0) is 18.9. The second-order valence-corrected chi connectivity index (χ2v) is 5.91. The number of halogens is 2. The average molecular weight is 363 g/mol. The van der Waals surface area contributed by atoms with Gasteiger partial charge in [-0.25, -0.2) is 4.79 Å². The minimum Gasteiger partial charge on any atom is -0.478 e. The Bertz CT molecular complexity index is 843. The van der Waals surface area contributed by atoms with Crippen LogP contribution in [0.15, 0.2) is 42.5 Å². The average Bonchev–Trinajstić information content (AvgIpc) is 3.13. The van der Waals surface area contributed by atoms with E-state index in [1.807, 2.05) is 12.1 Å². The molecule has 2 aromatic carbocycles. The van der Waals surface area contributed by atoms with Gasteiger partial charge in [0.05, 0.1) is 5.56 Å². The van der Waals surface area contributed by atoms with Crippen LogP contribution in [0.1, 0.15) is 21.5 Å². The molecule has 2 aromatic rings. The van der Waals surface area contributed by atoms with Gasteiger partial charge < -0.3 is 20.3 Å². The van der Waals surface area contributed by atoms with Crippen molar-refractivity contribution in [1.82, 2.24) is 0 Å². The molecule has 0 spiro atoms. The van der Waals surface area contributed by atoms with Crippen LogP contribution >= 0.6 is 0 Å². The number of rotatable bonds is 2. The van der Waals surface area contributed by atoms with E-state index in [4.69, 9.17) is 10.8 Å². The summed E-state index contributed by atoms with van der Waals surface area (Å²) < 4.78 is 33.1. The third kappa shape index (κ3) is 3.74. The van der Waals surface area contributed by atoms with Gasteiger partial charge in [0.25, 0.3) is 0 Å². The number of alkyl halides is 2. The number of benzene rings is 2. The molecule has 136 valence electrons. The Morgan fingerprint density at radius 3 is 2.15 bits per heavy atom. The molecule has 4 rings (SSSR count). The van der Waals surface area contributed by atoms with E-state index in [0.717, 1.165) is 31.0 Å². The van der Waals surface area contributed by atoms with E-state index in [1.165, 1.54) is 11.1 Å². The number of nitrogens with two attached hydrogens (primary N) is 1. The van der Waals surface area contributed by atoms with E-state index in [0.29, 0.717) is 0 Å². The van der Waals surface area contributed by atoms with Crippen molar-refractivity contribution < 1.29 is 33.0 Å². The van der Waals surface area contributed by atoms with Crippen LogP contribution in [-0.4, -0.2) is 23.3 Å². The summed E-state index contributed by atoms with van der Waals surface area (Å²) in [4.78, 5) is 21.4. The van der Waals surface area contributed by atoms with Gasteiger partial charge in [-0.3, -0.25) is 4.79 Å². The Labute approximate surface area is 147 Å². The van der Waals surface area contributed by atoms with Gasteiger partial charge in [-0.05, 0) is 42.2 Å². The first-order chi connectivity index (χ1) is 12.2. The minimum absolute atomic E-state index is 0.0300. The lowest BCUT2D eigenvalue weighted by molar-refractivity contribution is -0.286. The van der Waals surface area contributed by atoms with Crippen LogP contribution in [0.5, 0.6) is 11.5 Å². The van der Waals surface area contributed by atoms with E-state index in [2.05, 4.69) is 21.6 Å². The molecule has 2 aliphatic rings. The summed E-state index contributed by atoms with van der Waals surface area (Å²) >= 11 is 0. The summed E-state index contributed by atoms with van der Waals surface area (Å²) in [5.74, 6) is -1.80. The normalized spacial score (nSPS) is 16.4. The highest BCUT2D eigenvalue weighted by molar-refractivity contribution is 5.88. The van der Waals surface area contributed by atoms with Gasteiger partial charge in [0, 0.05) is 5.92 Å². The van der Waals surface area contributed by atoms with Crippen molar-refractivity contribution >= 4 is 11.9 Å². The highest BCUT2D eigenvalue weighted by atomic mass is 19.3.